The van der Waals surface area contributed by atoms with Gasteiger partial charge in [-0.3, -0.25) is 9.80 Å². The molecule has 23 heavy (non-hydrogen) atoms. The molecule has 1 atom stereocenters. The fraction of sp³-hybridized carbons (Fsp3) is 0.471. The van der Waals surface area contributed by atoms with E-state index in [4.69, 9.17) is 0 Å². The summed E-state index contributed by atoms with van der Waals surface area (Å²) in [4.78, 5) is 23.4. The number of hydrogen-bond donors (Lipinski definition) is 2. The molecule has 1 aromatic rings. The minimum atomic E-state index is -1.01. The topological polar surface area (TPSA) is 82.0 Å². The van der Waals surface area contributed by atoms with E-state index < -0.39 is 12.0 Å². The second kappa shape index (κ2) is 7.26. The fourth-order valence-electron chi connectivity index (χ4n) is 2.48. The van der Waals surface area contributed by atoms with E-state index in [0.717, 1.165) is 24.4 Å². The molecule has 2 N–H and O–H groups in total. The summed E-state index contributed by atoms with van der Waals surface area (Å²) in [5.41, 5.74) is 2.46. The van der Waals surface area contributed by atoms with Gasteiger partial charge in [0.1, 0.15) is 6.04 Å². The molecule has 1 amide bonds. The first kappa shape index (κ1) is 17.0. The summed E-state index contributed by atoms with van der Waals surface area (Å²) in [5, 5.41) is 18.1. The first-order valence-electron chi connectivity index (χ1n) is 7.82. The molecule has 0 spiro atoms. The van der Waals surface area contributed by atoms with Gasteiger partial charge in [0.25, 0.3) is 5.91 Å². The number of carbonyl (C=O) groups excluding carboxylic acids is 1. The van der Waals surface area contributed by atoms with E-state index in [2.05, 4.69) is 10.4 Å². The standard InChI is InChI=1S/C17H23N3O3/c1-11(2)10-15(17(22)23)18-16(21)13-4-6-14(7-5-13)20-9-8-12(3)19-20/h4-7,11,15H,8-10H2,1-3H3,(H,18,21)(H,22,23). The van der Waals surface area contributed by atoms with Gasteiger partial charge in [0.15, 0.2) is 0 Å². The first-order valence-corrected chi connectivity index (χ1v) is 7.82. The smallest absolute Gasteiger partial charge is 0.326 e. The van der Waals surface area contributed by atoms with E-state index in [-0.39, 0.29) is 11.8 Å². The summed E-state index contributed by atoms with van der Waals surface area (Å²) in [6, 6.07) is 6.18. The van der Waals surface area contributed by atoms with Crippen LogP contribution in [0, 0.1) is 5.92 Å². The number of nitrogens with one attached hydrogen (secondary N) is 1. The Kier molecular flexibility index (Phi) is 5.36. The molecule has 0 aliphatic carbocycles. The molecule has 2 rings (SSSR count). The number of anilines is 1. The van der Waals surface area contributed by atoms with Crippen LogP contribution in [0.2, 0.25) is 0 Å². The van der Waals surface area contributed by atoms with Crippen molar-refractivity contribution < 1.29 is 14.7 Å². The molecule has 0 saturated carbocycles. The van der Waals surface area contributed by atoms with E-state index >= 15 is 0 Å². The summed E-state index contributed by atoms with van der Waals surface area (Å²) in [6.07, 6.45) is 1.35. The molecular formula is C17H23N3O3. The van der Waals surface area contributed by atoms with Crippen LogP contribution < -0.4 is 10.3 Å². The summed E-state index contributed by atoms with van der Waals surface area (Å²) in [7, 11) is 0. The predicted octanol–water partition coefficient (Wildman–Crippen LogP) is 2.50. The molecule has 1 aromatic carbocycles. The fourth-order valence-corrected chi connectivity index (χ4v) is 2.48. The maximum Gasteiger partial charge on any atom is 0.326 e. The van der Waals surface area contributed by atoms with Crippen molar-refractivity contribution >= 4 is 23.3 Å². The Bertz CT molecular complexity index is 608. The van der Waals surface area contributed by atoms with Gasteiger partial charge in [-0.25, -0.2) is 4.79 Å². The molecular weight excluding hydrogens is 294 g/mol. The number of carboxylic acid groups (broad SMARTS) is 1. The van der Waals surface area contributed by atoms with Crippen molar-refractivity contribution in [3.63, 3.8) is 0 Å². The van der Waals surface area contributed by atoms with E-state index in [1.54, 1.807) is 12.1 Å². The summed E-state index contributed by atoms with van der Waals surface area (Å²) in [5.74, 6) is -1.19. The molecule has 1 heterocycles. The third-order valence-electron chi connectivity index (χ3n) is 3.71. The number of rotatable bonds is 6. The van der Waals surface area contributed by atoms with Crippen LogP contribution in [0.3, 0.4) is 0 Å². The molecule has 6 heteroatoms. The Morgan fingerprint density at radius 2 is 1.96 bits per heavy atom. The number of carbonyl (C=O) groups is 2. The number of hydrazone groups is 1. The molecule has 0 saturated heterocycles. The number of aliphatic carboxylic acids is 1. The van der Waals surface area contributed by atoms with Crippen molar-refractivity contribution in [1.82, 2.24) is 5.32 Å². The number of amides is 1. The van der Waals surface area contributed by atoms with Crippen LogP contribution in [0.4, 0.5) is 5.69 Å². The van der Waals surface area contributed by atoms with Crippen LogP contribution in [0.15, 0.2) is 29.4 Å². The molecule has 6 nitrogen and oxygen atoms in total. The van der Waals surface area contributed by atoms with Crippen LogP contribution in [0.1, 0.15) is 44.0 Å². The largest absolute Gasteiger partial charge is 0.480 e. The van der Waals surface area contributed by atoms with Crippen molar-refractivity contribution in [1.29, 1.82) is 0 Å². The van der Waals surface area contributed by atoms with Gasteiger partial charge in [0, 0.05) is 24.2 Å². The highest BCUT2D eigenvalue weighted by molar-refractivity contribution is 5.97. The number of benzene rings is 1. The summed E-state index contributed by atoms with van der Waals surface area (Å²) in [6.45, 7) is 6.68. The number of carboxylic acids is 1. The number of nitrogens with zero attached hydrogens (tertiary/aromatic N) is 2. The van der Waals surface area contributed by atoms with Crippen molar-refractivity contribution in [2.24, 2.45) is 11.0 Å². The highest BCUT2D eigenvalue weighted by Crippen LogP contribution is 2.20. The lowest BCUT2D eigenvalue weighted by atomic mass is 10.0. The third-order valence-corrected chi connectivity index (χ3v) is 3.71. The summed E-state index contributed by atoms with van der Waals surface area (Å²) < 4.78 is 0. The van der Waals surface area contributed by atoms with Gasteiger partial charge < -0.3 is 10.4 Å². The van der Waals surface area contributed by atoms with Gasteiger partial charge in [0.05, 0.1) is 5.69 Å². The maximum atomic E-state index is 12.2. The molecule has 0 bridgehead atoms. The van der Waals surface area contributed by atoms with Crippen molar-refractivity contribution in [3.8, 4) is 0 Å². The average molecular weight is 317 g/mol. The van der Waals surface area contributed by atoms with Crippen LogP contribution in [0.25, 0.3) is 0 Å². The lowest BCUT2D eigenvalue weighted by Gasteiger charge is -2.17. The Morgan fingerprint density at radius 3 is 2.43 bits per heavy atom. The van der Waals surface area contributed by atoms with E-state index in [0.29, 0.717) is 12.0 Å². The van der Waals surface area contributed by atoms with Crippen molar-refractivity contribution in [2.75, 3.05) is 11.6 Å². The van der Waals surface area contributed by atoms with E-state index in [1.807, 2.05) is 37.9 Å². The predicted molar refractivity (Wildman–Crippen MR) is 89.9 cm³/mol. The van der Waals surface area contributed by atoms with Crippen molar-refractivity contribution in [2.45, 2.75) is 39.7 Å². The number of hydrogen-bond acceptors (Lipinski definition) is 4. The van der Waals surface area contributed by atoms with Gasteiger partial charge in [-0.05, 0) is 43.5 Å². The first-order chi connectivity index (χ1) is 10.9. The van der Waals surface area contributed by atoms with E-state index in [1.165, 1.54) is 0 Å². The highest BCUT2D eigenvalue weighted by Gasteiger charge is 2.22. The van der Waals surface area contributed by atoms with Crippen LogP contribution in [-0.2, 0) is 4.79 Å². The SMILES string of the molecule is CC1=NN(c2ccc(C(=O)NC(CC(C)C)C(=O)O)cc2)CC1. The zero-order valence-corrected chi connectivity index (χ0v) is 13.7. The van der Waals surface area contributed by atoms with Crippen molar-refractivity contribution in [3.05, 3.63) is 29.8 Å². The van der Waals surface area contributed by atoms with Gasteiger partial charge >= 0.3 is 5.97 Å². The Labute approximate surface area is 136 Å². The lowest BCUT2D eigenvalue weighted by Crippen LogP contribution is -2.41. The Hall–Kier alpha value is -2.37. The zero-order valence-electron chi connectivity index (χ0n) is 13.7. The normalized spacial score (nSPS) is 15.5. The Morgan fingerprint density at radius 1 is 1.30 bits per heavy atom. The minimum Gasteiger partial charge on any atom is -0.480 e. The quantitative estimate of drug-likeness (QED) is 0.844. The van der Waals surface area contributed by atoms with Gasteiger partial charge in [-0.2, -0.15) is 5.10 Å². The van der Waals surface area contributed by atoms with Gasteiger partial charge in [-0.1, -0.05) is 13.8 Å². The molecule has 1 aliphatic rings. The maximum absolute atomic E-state index is 12.2. The molecule has 0 radical (unpaired) electrons. The van der Waals surface area contributed by atoms with E-state index in [9.17, 15) is 14.7 Å². The zero-order chi connectivity index (χ0) is 17.0. The monoisotopic (exact) mass is 317 g/mol. The lowest BCUT2D eigenvalue weighted by molar-refractivity contribution is -0.139. The second-order valence-corrected chi connectivity index (χ2v) is 6.25. The third kappa shape index (κ3) is 4.55. The van der Waals surface area contributed by atoms with Crippen LogP contribution in [0.5, 0.6) is 0 Å². The molecule has 0 fully saturated rings. The highest BCUT2D eigenvalue weighted by atomic mass is 16.4. The summed E-state index contributed by atoms with van der Waals surface area (Å²) >= 11 is 0. The second-order valence-electron chi connectivity index (χ2n) is 6.25. The molecule has 1 aliphatic heterocycles. The van der Waals surface area contributed by atoms with Gasteiger partial charge in [0.2, 0.25) is 0 Å². The minimum absolute atomic E-state index is 0.190. The van der Waals surface area contributed by atoms with Crippen LogP contribution >= 0.6 is 0 Å². The molecule has 1 unspecified atom stereocenters. The van der Waals surface area contributed by atoms with Crippen LogP contribution in [-0.4, -0.2) is 35.3 Å². The van der Waals surface area contributed by atoms with Gasteiger partial charge in [-0.15, -0.1) is 0 Å². The molecule has 124 valence electrons. The molecule has 0 aromatic heterocycles. The average Bonchev–Trinajstić information content (AvgIpc) is 2.92. The Balaban J connectivity index is 2.03.